The first-order chi connectivity index (χ1) is 12.0. The van der Waals surface area contributed by atoms with Crippen LogP contribution in [0.25, 0.3) is 0 Å². The van der Waals surface area contributed by atoms with E-state index < -0.39 is 0 Å². The second kappa shape index (κ2) is 9.22. The summed E-state index contributed by atoms with van der Waals surface area (Å²) in [6.07, 6.45) is 2.55. The lowest BCUT2D eigenvalue weighted by atomic mass is 10.2. The molecule has 25 heavy (non-hydrogen) atoms. The van der Waals surface area contributed by atoms with Crippen molar-refractivity contribution in [2.24, 2.45) is 5.10 Å². The van der Waals surface area contributed by atoms with Crippen molar-refractivity contribution in [3.05, 3.63) is 58.1 Å². The second-order valence-electron chi connectivity index (χ2n) is 5.69. The molecule has 2 aromatic carbocycles. The highest BCUT2D eigenvalue weighted by Crippen LogP contribution is 2.26. The van der Waals surface area contributed by atoms with Gasteiger partial charge in [-0.25, -0.2) is 5.43 Å². The van der Waals surface area contributed by atoms with Gasteiger partial charge in [0.2, 0.25) is 0 Å². The minimum Gasteiger partial charge on any atom is -0.483 e. The summed E-state index contributed by atoms with van der Waals surface area (Å²) in [5.74, 6) is 0.322. The summed E-state index contributed by atoms with van der Waals surface area (Å²) in [5.41, 5.74) is 5.68. The van der Waals surface area contributed by atoms with Crippen LogP contribution in [0.1, 0.15) is 18.1 Å². The zero-order valence-corrected chi connectivity index (χ0v) is 16.2. The van der Waals surface area contributed by atoms with Crippen molar-refractivity contribution in [1.29, 1.82) is 0 Å². The van der Waals surface area contributed by atoms with Gasteiger partial charge in [-0.1, -0.05) is 25.1 Å². The first-order valence-corrected chi connectivity index (χ1v) is 8.79. The van der Waals surface area contributed by atoms with E-state index in [2.05, 4.69) is 33.4 Å². The second-order valence-corrected chi connectivity index (χ2v) is 6.54. The molecule has 6 heteroatoms. The van der Waals surface area contributed by atoms with Crippen molar-refractivity contribution in [2.75, 3.05) is 25.6 Å². The molecular weight excluding hydrogens is 382 g/mol. The third kappa shape index (κ3) is 5.90. The molecule has 1 amide bonds. The lowest BCUT2D eigenvalue weighted by Crippen LogP contribution is -2.24. The van der Waals surface area contributed by atoms with Crippen LogP contribution in [-0.4, -0.2) is 32.8 Å². The Morgan fingerprint density at radius 1 is 1.24 bits per heavy atom. The molecule has 132 valence electrons. The average Bonchev–Trinajstić information content (AvgIpc) is 2.61. The maximum absolute atomic E-state index is 11.8. The fourth-order valence-corrected chi connectivity index (χ4v) is 2.63. The van der Waals surface area contributed by atoms with Crippen molar-refractivity contribution in [3.8, 4) is 5.75 Å². The number of hydrogen-bond acceptors (Lipinski definition) is 4. The van der Waals surface area contributed by atoms with E-state index in [1.807, 2.05) is 61.5 Å². The summed E-state index contributed by atoms with van der Waals surface area (Å²) >= 11 is 3.45. The number of halogens is 1. The van der Waals surface area contributed by atoms with Crippen molar-refractivity contribution >= 4 is 33.7 Å². The van der Waals surface area contributed by atoms with Gasteiger partial charge in [-0.15, -0.1) is 0 Å². The number of hydrogen-bond donors (Lipinski definition) is 1. The van der Waals surface area contributed by atoms with Crippen LogP contribution in [0, 0.1) is 0 Å². The fraction of sp³-hybridized carbons (Fsp3) is 0.263. The molecule has 0 aliphatic rings. The van der Waals surface area contributed by atoms with Gasteiger partial charge < -0.3 is 9.64 Å². The number of aryl methyl sites for hydroxylation is 1. The van der Waals surface area contributed by atoms with E-state index in [4.69, 9.17) is 4.74 Å². The molecule has 0 saturated carbocycles. The van der Waals surface area contributed by atoms with Gasteiger partial charge in [-0.2, -0.15) is 5.10 Å². The molecule has 0 saturated heterocycles. The minimum absolute atomic E-state index is 0.0963. The van der Waals surface area contributed by atoms with Crippen LogP contribution in [0.4, 0.5) is 5.69 Å². The summed E-state index contributed by atoms with van der Waals surface area (Å²) in [5, 5.41) is 3.95. The van der Waals surface area contributed by atoms with E-state index in [-0.39, 0.29) is 12.5 Å². The van der Waals surface area contributed by atoms with Crippen LogP contribution >= 0.6 is 15.9 Å². The molecule has 0 unspecified atom stereocenters. The summed E-state index contributed by atoms with van der Waals surface area (Å²) in [4.78, 5) is 13.8. The highest BCUT2D eigenvalue weighted by Gasteiger charge is 2.05. The molecule has 0 aromatic heterocycles. The van der Waals surface area contributed by atoms with Gasteiger partial charge >= 0.3 is 0 Å². The largest absolute Gasteiger partial charge is 0.483 e. The molecule has 0 bridgehead atoms. The Bertz CT molecular complexity index is 743. The Balaban J connectivity index is 1.82. The summed E-state index contributed by atoms with van der Waals surface area (Å²) in [6, 6.07) is 13.7. The van der Waals surface area contributed by atoms with Gasteiger partial charge in [0.05, 0.1) is 10.7 Å². The van der Waals surface area contributed by atoms with E-state index in [0.29, 0.717) is 5.75 Å². The molecule has 0 heterocycles. The Hall–Kier alpha value is -2.34. The third-order valence-corrected chi connectivity index (χ3v) is 4.20. The Morgan fingerprint density at radius 2 is 1.96 bits per heavy atom. The number of nitrogens with one attached hydrogen (secondary N) is 1. The molecule has 0 spiro atoms. The van der Waals surface area contributed by atoms with Gasteiger partial charge in [0.15, 0.2) is 6.61 Å². The van der Waals surface area contributed by atoms with E-state index in [1.165, 1.54) is 5.56 Å². The molecule has 2 aromatic rings. The van der Waals surface area contributed by atoms with E-state index in [1.54, 1.807) is 6.21 Å². The molecule has 2 rings (SSSR count). The number of ether oxygens (including phenoxy) is 1. The Morgan fingerprint density at radius 3 is 2.56 bits per heavy atom. The third-order valence-electron chi connectivity index (χ3n) is 3.58. The number of carbonyl (C=O) groups excluding carboxylic acids is 1. The smallest absolute Gasteiger partial charge is 0.277 e. The Labute approximate surface area is 156 Å². The number of benzene rings is 2. The van der Waals surface area contributed by atoms with Crippen molar-refractivity contribution < 1.29 is 9.53 Å². The van der Waals surface area contributed by atoms with Gasteiger partial charge in [-0.3, -0.25) is 4.79 Å². The van der Waals surface area contributed by atoms with Crippen LogP contribution in [0.15, 0.2) is 52.0 Å². The monoisotopic (exact) mass is 403 g/mol. The topological polar surface area (TPSA) is 53.9 Å². The molecule has 5 nitrogen and oxygen atoms in total. The standard InChI is InChI=1S/C19H22BrN3O2/c1-4-14-7-10-18(17(20)11-14)25-13-19(24)22-21-12-15-5-8-16(9-6-15)23(2)3/h5-12H,4,13H2,1-3H3,(H,22,24)/b21-12+. The van der Waals surface area contributed by atoms with E-state index in [9.17, 15) is 4.79 Å². The van der Waals surface area contributed by atoms with Gasteiger partial charge in [-0.05, 0) is 57.7 Å². The average molecular weight is 404 g/mol. The molecule has 1 N–H and O–H groups in total. The van der Waals surface area contributed by atoms with Crippen LogP contribution < -0.4 is 15.1 Å². The predicted molar refractivity (Wildman–Crippen MR) is 106 cm³/mol. The van der Waals surface area contributed by atoms with Crippen molar-refractivity contribution in [1.82, 2.24) is 5.43 Å². The number of nitrogens with zero attached hydrogens (tertiary/aromatic N) is 2. The molecule has 0 radical (unpaired) electrons. The normalized spacial score (nSPS) is 10.7. The number of rotatable bonds is 7. The van der Waals surface area contributed by atoms with Crippen molar-refractivity contribution in [2.45, 2.75) is 13.3 Å². The number of anilines is 1. The SMILES string of the molecule is CCc1ccc(OCC(=O)N/N=C/c2ccc(N(C)C)cc2)c(Br)c1. The van der Waals surface area contributed by atoms with Crippen LogP contribution in [0.2, 0.25) is 0 Å². The maximum Gasteiger partial charge on any atom is 0.277 e. The fourth-order valence-electron chi connectivity index (χ4n) is 2.09. The van der Waals surface area contributed by atoms with E-state index >= 15 is 0 Å². The first-order valence-electron chi connectivity index (χ1n) is 8.00. The molecule has 0 aliphatic heterocycles. The quantitative estimate of drug-likeness (QED) is 0.567. The summed E-state index contributed by atoms with van der Waals surface area (Å²) in [7, 11) is 3.97. The molecule has 0 aliphatic carbocycles. The number of amides is 1. The summed E-state index contributed by atoms with van der Waals surface area (Å²) < 4.78 is 6.34. The van der Waals surface area contributed by atoms with Crippen LogP contribution in [0.3, 0.4) is 0 Å². The number of hydrazone groups is 1. The molecular formula is C19H22BrN3O2. The van der Waals surface area contributed by atoms with Gasteiger partial charge in [0.1, 0.15) is 5.75 Å². The van der Waals surface area contributed by atoms with Crippen molar-refractivity contribution in [3.63, 3.8) is 0 Å². The zero-order chi connectivity index (χ0) is 18.2. The van der Waals surface area contributed by atoms with Gasteiger partial charge in [0.25, 0.3) is 5.91 Å². The number of carbonyl (C=O) groups is 1. The van der Waals surface area contributed by atoms with E-state index in [0.717, 1.165) is 22.1 Å². The first kappa shape index (κ1) is 19.0. The summed E-state index contributed by atoms with van der Waals surface area (Å²) in [6.45, 7) is 1.99. The maximum atomic E-state index is 11.8. The van der Waals surface area contributed by atoms with Crippen LogP contribution in [0.5, 0.6) is 5.75 Å². The lowest BCUT2D eigenvalue weighted by Gasteiger charge is -2.11. The molecule has 0 fully saturated rings. The Kier molecular flexibility index (Phi) is 7.01. The minimum atomic E-state index is -0.312. The highest BCUT2D eigenvalue weighted by molar-refractivity contribution is 9.10. The van der Waals surface area contributed by atoms with Gasteiger partial charge in [0, 0.05) is 19.8 Å². The van der Waals surface area contributed by atoms with Crippen LogP contribution in [-0.2, 0) is 11.2 Å². The lowest BCUT2D eigenvalue weighted by molar-refractivity contribution is -0.123. The highest BCUT2D eigenvalue weighted by atomic mass is 79.9. The zero-order valence-electron chi connectivity index (χ0n) is 14.6. The molecule has 0 atom stereocenters. The predicted octanol–water partition coefficient (Wildman–Crippen LogP) is 3.61.